The highest BCUT2D eigenvalue weighted by Gasteiger charge is 2.25. The van der Waals surface area contributed by atoms with Gasteiger partial charge in [-0.15, -0.1) is 0 Å². The molecule has 0 fully saturated rings. The number of hydrogen-bond acceptors (Lipinski definition) is 3. The van der Waals surface area contributed by atoms with Crippen molar-refractivity contribution in [3.8, 4) is 0 Å². The van der Waals surface area contributed by atoms with Crippen LogP contribution in [0.4, 0.5) is 4.39 Å². The second-order valence-electron chi connectivity index (χ2n) is 6.78. The summed E-state index contributed by atoms with van der Waals surface area (Å²) in [5, 5.41) is 13.7. The van der Waals surface area contributed by atoms with Crippen LogP contribution in [0.2, 0.25) is 0 Å². The Labute approximate surface area is 159 Å². The lowest BCUT2D eigenvalue weighted by Gasteiger charge is -2.24. The number of aldehydes is 1. The predicted molar refractivity (Wildman–Crippen MR) is 103 cm³/mol. The van der Waals surface area contributed by atoms with Crippen LogP contribution in [0.3, 0.4) is 0 Å². The number of aliphatic hydroxyl groups is 1. The first-order chi connectivity index (χ1) is 12.9. The van der Waals surface area contributed by atoms with Gasteiger partial charge in [-0.3, -0.25) is 4.79 Å². The zero-order valence-corrected chi connectivity index (χ0v) is 15.6. The molecule has 0 radical (unpaired) electrons. The monoisotopic (exact) mass is 371 g/mol. The van der Waals surface area contributed by atoms with Crippen LogP contribution in [0.25, 0.3) is 0 Å². The van der Waals surface area contributed by atoms with Crippen LogP contribution >= 0.6 is 0 Å². The number of carbonyl (C=O) groups is 2. The van der Waals surface area contributed by atoms with Gasteiger partial charge in [0, 0.05) is 18.5 Å². The van der Waals surface area contributed by atoms with Crippen molar-refractivity contribution in [2.45, 2.75) is 44.6 Å². The number of rotatable bonds is 10. The van der Waals surface area contributed by atoms with Gasteiger partial charge in [0.05, 0.1) is 0 Å². The summed E-state index contributed by atoms with van der Waals surface area (Å²) in [5.74, 6) is -0.513. The van der Waals surface area contributed by atoms with E-state index in [2.05, 4.69) is 5.32 Å². The molecular formula is C22H26FNO3. The third-order valence-electron chi connectivity index (χ3n) is 4.65. The highest BCUT2D eigenvalue weighted by atomic mass is 19.1. The van der Waals surface area contributed by atoms with Gasteiger partial charge in [-0.1, -0.05) is 37.1 Å². The largest absolute Gasteiger partial charge is 0.381 e. The van der Waals surface area contributed by atoms with Gasteiger partial charge >= 0.3 is 0 Å². The first kappa shape index (κ1) is 20.8. The lowest BCUT2D eigenvalue weighted by atomic mass is 9.88. The zero-order chi connectivity index (χ0) is 19.7. The van der Waals surface area contributed by atoms with Gasteiger partial charge in [0.2, 0.25) is 0 Å². The summed E-state index contributed by atoms with van der Waals surface area (Å²) in [5.41, 5.74) is 0.454. The molecule has 2 aromatic carbocycles. The molecule has 27 heavy (non-hydrogen) atoms. The van der Waals surface area contributed by atoms with Crippen molar-refractivity contribution in [2.75, 3.05) is 6.54 Å². The normalized spacial score (nSPS) is 13.0. The number of benzene rings is 2. The minimum Gasteiger partial charge on any atom is -0.381 e. The first-order valence-corrected chi connectivity index (χ1v) is 9.26. The van der Waals surface area contributed by atoms with Gasteiger partial charge < -0.3 is 15.2 Å². The maximum Gasteiger partial charge on any atom is 0.251 e. The average Bonchev–Trinajstić information content (AvgIpc) is 2.67. The molecule has 0 aliphatic carbocycles. The number of amides is 1. The van der Waals surface area contributed by atoms with E-state index in [0.717, 1.165) is 32.0 Å². The molecule has 5 heteroatoms. The van der Waals surface area contributed by atoms with Gasteiger partial charge in [-0.2, -0.15) is 0 Å². The number of carbonyl (C=O) groups excluding carboxylic acids is 2. The summed E-state index contributed by atoms with van der Waals surface area (Å²) in [6, 6.07) is 12.5. The number of hydrogen-bond donors (Lipinski definition) is 2. The Morgan fingerprint density at radius 1 is 1.00 bits per heavy atom. The van der Waals surface area contributed by atoms with Gasteiger partial charge in [-0.05, 0) is 55.2 Å². The Hall–Kier alpha value is -2.53. The van der Waals surface area contributed by atoms with E-state index >= 15 is 0 Å². The summed E-state index contributed by atoms with van der Waals surface area (Å²) in [6.07, 6.45) is 5.27. The van der Waals surface area contributed by atoms with E-state index in [1.54, 1.807) is 43.3 Å². The molecule has 2 rings (SSSR count). The van der Waals surface area contributed by atoms with Crippen LogP contribution in [0, 0.1) is 5.82 Å². The summed E-state index contributed by atoms with van der Waals surface area (Å²) in [4.78, 5) is 22.4. The quantitative estimate of drug-likeness (QED) is 0.491. The van der Waals surface area contributed by atoms with Crippen molar-refractivity contribution in [3.63, 3.8) is 0 Å². The molecule has 144 valence electrons. The number of unbranched alkanes of at least 4 members (excludes halogenated alkanes) is 4. The molecular weight excluding hydrogens is 345 g/mol. The van der Waals surface area contributed by atoms with E-state index in [1.807, 2.05) is 0 Å². The second kappa shape index (κ2) is 9.97. The third kappa shape index (κ3) is 6.00. The van der Waals surface area contributed by atoms with E-state index in [9.17, 15) is 19.1 Å². The summed E-state index contributed by atoms with van der Waals surface area (Å²) < 4.78 is 13.1. The fraction of sp³-hybridized carbons (Fsp3) is 0.364. The Balaban J connectivity index is 1.89. The molecule has 0 saturated heterocycles. The lowest BCUT2D eigenvalue weighted by molar-refractivity contribution is -0.107. The maximum absolute atomic E-state index is 13.1. The standard InChI is InChI=1S/C22H26FNO3/c1-22(27,19-11-13-20(23)14-12-19)18-9-7-17(8-10-18)21(26)24-15-5-3-2-4-6-16-25/h7-14,16,27H,2-6,15H2,1H3,(H,24,26). The van der Waals surface area contributed by atoms with Crippen molar-refractivity contribution >= 4 is 12.2 Å². The van der Waals surface area contributed by atoms with E-state index < -0.39 is 5.60 Å². The zero-order valence-electron chi connectivity index (χ0n) is 15.6. The van der Waals surface area contributed by atoms with Gasteiger partial charge in [-0.25, -0.2) is 4.39 Å². The minimum absolute atomic E-state index is 0.157. The number of nitrogens with one attached hydrogen (secondary N) is 1. The highest BCUT2D eigenvalue weighted by molar-refractivity contribution is 5.94. The fourth-order valence-electron chi connectivity index (χ4n) is 2.90. The SMILES string of the molecule is CC(O)(c1ccc(F)cc1)c1ccc(C(=O)NCCCCCCC=O)cc1. The van der Waals surface area contributed by atoms with Crippen LogP contribution in [-0.4, -0.2) is 23.8 Å². The molecule has 2 aromatic rings. The van der Waals surface area contributed by atoms with Crippen molar-refractivity contribution in [1.29, 1.82) is 0 Å². The first-order valence-electron chi connectivity index (χ1n) is 9.26. The second-order valence-corrected chi connectivity index (χ2v) is 6.78. The lowest BCUT2D eigenvalue weighted by Crippen LogP contribution is -2.25. The van der Waals surface area contributed by atoms with Crippen molar-refractivity contribution < 1.29 is 19.1 Å². The van der Waals surface area contributed by atoms with Crippen molar-refractivity contribution in [2.24, 2.45) is 0 Å². The highest BCUT2D eigenvalue weighted by Crippen LogP contribution is 2.29. The van der Waals surface area contributed by atoms with E-state index in [-0.39, 0.29) is 11.7 Å². The van der Waals surface area contributed by atoms with Crippen molar-refractivity contribution in [3.05, 3.63) is 71.0 Å². The Morgan fingerprint density at radius 3 is 2.15 bits per heavy atom. The van der Waals surface area contributed by atoms with Crippen molar-refractivity contribution in [1.82, 2.24) is 5.32 Å². The minimum atomic E-state index is -1.27. The molecule has 0 aliphatic heterocycles. The van der Waals surface area contributed by atoms with E-state index in [4.69, 9.17) is 0 Å². The number of halogens is 1. The molecule has 0 aliphatic rings. The van der Waals surface area contributed by atoms with E-state index in [0.29, 0.717) is 29.7 Å². The van der Waals surface area contributed by atoms with Crippen LogP contribution in [0.1, 0.15) is 60.5 Å². The molecule has 1 atom stereocenters. The van der Waals surface area contributed by atoms with Gasteiger partial charge in [0.1, 0.15) is 17.7 Å². The Morgan fingerprint density at radius 2 is 1.56 bits per heavy atom. The van der Waals surface area contributed by atoms with Gasteiger partial charge in [0.15, 0.2) is 0 Å². The van der Waals surface area contributed by atoms with Crippen LogP contribution in [-0.2, 0) is 10.4 Å². The Bertz CT molecular complexity index is 739. The van der Waals surface area contributed by atoms with Crippen LogP contribution in [0.5, 0.6) is 0 Å². The third-order valence-corrected chi connectivity index (χ3v) is 4.65. The van der Waals surface area contributed by atoms with E-state index in [1.165, 1.54) is 12.1 Å². The molecule has 0 spiro atoms. The topological polar surface area (TPSA) is 66.4 Å². The van der Waals surface area contributed by atoms with Gasteiger partial charge in [0.25, 0.3) is 5.91 Å². The molecule has 0 aromatic heterocycles. The smallest absolute Gasteiger partial charge is 0.251 e. The average molecular weight is 371 g/mol. The fourth-order valence-corrected chi connectivity index (χ4v) is 2.90. The molecule has 0 heterocycles. The molecule has 4 nitrogen and oxygen atoms in total. The Kier molecular flexibility index (Phi) is 7.67. The molecule has 2 N–H and O–H groups in total. The summed E-state index contributed by atoms with van der Waals surface area (Å²) >= 11 is 0. The predicted octanol–water partition coefficient (Wildman–Crippen LogP) is 3.96. The van der Waals surface area contributed by atoms with Crippen LogP contribution in [0.15, 0.2) is 48.5 Å². The van der Waals surface area contributed by atoms with Crippen LogP contribution < -0.4 is 5.32 Å². The molecule has 1 amide bonds. The summed E-state index contributed by atoms with van der Waals surface area (Å²) in [6.45, 7) is 2.23. The maximum atomic E-state index is 13.1. The summed E-state index contributed by atoms with van der Waals surface area (Å²) in [7, 11) is 0. The molecule has 0 bridgehead atoms. The molecule has 1 unspecified atom stereocenters. The molecule has 0 saturated carbocycles.